The standard InChI is InChI=1S/C21H22N4O3.H2/c26-21(24-17-7-3-1-2-4-8-17)28-18-9-5-6-15(12-18)19-13-16(10-11-22-19)20-25-23-14-27-20;/h5-6,9-14,17H,1-4,7-8H2,(H,24,26);1H. The second-order valence-electron chi connectivity index (χ2n) is 6.92. The predicted octanol–water partition coefficient (Wildman–Crippen LogP) is 4.86. The van der Waals surface area contributed by atoms with Crippen molar-refractivity contribution in [2.45, 2.75) is 44.6 Å². The molecular weight excluding hydrogens is 356 g/mol. The summed E-state index contributed by atoms with van der Waals surface area (Å²) >= 11 is 0. The van der Waals surface area contributed by atoms with E-state index in [2.05, 4.69) is 20.5 Å². The monoisotopic (exact) mass is 380 g/mol. The minimum atomic E-state index is -0.406. The Morgan fingerprint density at radius 1 is 1.11 bits per heavy atom. The predicted molar refractivity (Wildman–Crippen MR) is 106 cm³/mol. The fraction of sp³-hybridized carbons (Fsp3) is 0.333. The van der Waals surface area contributed by atoms with Crippen LogP contribution in [-0.2, 0) is 0 Å². The molecular formula is C21H24N4O3. The molecule has 2 aromatic heterocycles. The van der Waals surface area contributed by atoms with Gasteiger partial charge in [-0.25, -0.2) is 4.79 Å². The van der Waals surface area contributed by atoms with Crippen molar-refractivity contribution >= 4 is 6.09 Å². The first-order valence-corrected chi connectivity index (χ1v) is 9.59. The van der Waals surface area contributed by atoms with E-state index in [1.807, 2.05) is 18.2 Å². The molecule has 1 N–H and O–H groups in total. The molecule has 146 valence electrons. The summed E-state index contributed by atoms with van der Waals surface area (Å²) in [5.41, 5.74) is 2.34. The summed E-state index contributed by atoms with van der Waals surface area (Å²) in [5.74, 6) is 0.910. The molecule has 1 aliphatic carbocycles. The number of pyridine rings is 1. The van der Waals surface area contributed by atoms with Crippen molar-refractivity contribution in [3.63, 3.8) is 0 Å². The zero-order valence-electron chi connectivity index (χ0n) is 15.5. The topological polar surface area (TPSA) is 90.1 Å². The first kappa shape index (κ1) is 18.2. The van der Waals surface area contributed by atoms with Crippen molar-refractivity contribution in [3.05, 3.63) is 49.0 Å². The Kier molecular flexibility index (Phi) is 5.61. The molecule has 1 fully saturated rings. The highest BCUT2D eigenvalue weighted by atomic mass is 16.6. The molecule has 7 nitrogen and oxygen atoms in total. The molecule has 1 aromatic carbocycles. The van der Waals surface area contributed by atoms with Gasteiger partial charge in [0.05, 0.1) is 5.69 Å². The van der Waals surface area contributed by atoms with E-state index < -0.39 is 6.09 Å². The third-order valence-electron chi connectivity index (χ3n) is 4.88. The summed E-state index contributed by atoms with van der Waals surface area (Å²) in [5, 5.41) is 10.6. The summed E-state index contributed by atoms with van der Waals surface area (Å²) in [6.45, 7) is 0. The van der Waals surface area contributed by atoms with E-state index in [1.54, 1.807) is 24.4 Å². The maximum absolute atomic E-state index is 12.3. The molecule has 0 radical (unpaired) electrons. The maximum Gasteiger partial charge on any atom is 0.412 e. The average molecular weight is 380 g/mol. The molecule has 28 heavy (non-hydrogen) atoms. The van der Waals surface area contributed by atoms with E-state index in [0.29, 0.717) is 11.6 Å². The summed E-state index contributed by atoms with van der Waals surface area (Å²) in [6, 6.07) is 11.2. The number of hydrogen-bond donors (Lipinski definition) is 1. The molecule has 0 aliphatic heterocycles. The Labute approximate surface area is 164 Å². The largest absolute Gasteiger partial charge is 0.423 e. The van der Waals surface area contributed by atoms with Gasteiger partial charge in [-0.1, -0.05) is 37.8 Å². The zero-order valence-corrected chi connectivity index (χ0v) is 15.5. The molecule has 4 rings (SSSR count). The van der Waals surface area contributed by atoms with Gasteiger partial charge in [0.2, 0.25) is 12.3 Å². The number of rotatable bonds is 4. The Morgan fingerprint density at radius 2 is 1.96 bits per heavy atom. The Morgan fingerprint density at radius 3 is 2.75 bits per heavy atom. The van der Waals surface area contributed by atoms with Crippen LogP contribution in [0, 0.1) is 0 Å². The molecule has 1 amide bonds. The smallest absolute Gasteiger partial charge is 0.412 e. The van der Waals surface area contributed by atoms with Crippen LogP contribution in [0.5, 0.6) is 5.75 Å². The van der Waals surface area contributed by atoms with Gasteiger partial charge in [-0.3, -0.25) is 4.98 Å². The second kappa shape index (κ2) is 8.65. The van der Waals surface area contributed by atoms with E-state index in [0.717, 1.165) is 42.5 Å². The molecule has 0 spiro atoms. The van der Waals surface area contributed by atoms with Crippen LogP contribution < -0.4 is 10.1 Å². The first-order valence-electron chi connectivity index (χ1n) is 9.59. The lowest BCUT2D eigenvalue weighted by atomic mass is 10.1. The van der Waals surface area contributed by atoms with E-state index >= 15 is 0 Å². The molecule has 7 heteroatoms. The molecule has 0 unspecified atom stereocenters. The third kappa shape index (κ3) is 4.54. The van der Waals surface area contributed by atoms with Crippen LogP contribution >= 0.6 is 0 Å². The summed E-state index contributed by atoms with van der Waals surface area (Å²) in [4.78, 5) is 16.7. The number of amides is 1. The number of ether oxygens (including phenoxy) is 1. The second-order valence-corrected chi connectivity index (χ2v) is 6.92. The average Bonchev–Trinajstić information content (AvgIpc) is 3.14. The van der Waals surface area contributed by atoms with E-state index in [9.17, 15) is 4.79 Å². The number of carbonyl (C=O) groups excluding carboxylic acids is 1. The Balaban J connectivity index is 0.00000240. The van der Waals surface area contributed by atoms with Gasteiger partial charge < -0.3 is 14.5 Å². The molecule has 0 saturated heterocycles. The quantitative estimate of drug-likeness (QED) is 0.650. The van der Waals surface area contributed by atoms with Crippen LogP contribution in [-0.4, -0.2) is 27.3 Å². The van der Waals surface area contributed by atoms with Gasteiger partial charge in [-0.2, -0.15) is 0 Å². The number of nitrogens with one attached hydrogen (secondary N) is 1. The van der Waals surface area contributed by atoms with E-state index in [4.69, 9.17) is 9.15 Å². The fourth-order valence-electron chi connectivity index (χ4n) is 3.47. The van der Waals surface area contributed by atoms with Crippen LogP contribution in [0.4, 0.5) is 4.79 Å². The van der Waals surface area contributed by atoms with Gasteiger partial charge in [0.1, 0.15) is 5.75 Å². The highest BCUT2D eigenvalue weighted by molar-refractivity contribution is 5.72. The molecule has 2 heterocycles. The first-order chi connectivity index (χ1) is 13.8. The van der Waals surface area contributed by atoms with Gasteiger partial charge in [0, 0.05) is 24.8 Å². The minimum absolute atomic E-state index is 0. The van der Waals surface area contributed by atoms with Crippen molar-refractivity contribution in [2.24, 2.45) is 0 Å². The lowest BCUT2D eigenvalue weighted by molar-refractivity contribution is 0.194. The SMILES string of the molecule is O=C(NC1CCCCCC1)Oc1cccc(-c2cc(-c3nnco3)ccn2)c1.[HH]. The number of hydrogen-bond acceptors (Lipinski definition) is 6. The number of carbonyl (C=O) groups is 1. The van der Waals surface area contributed by atoms with Gasteiger partial charge in [-0.15, -0.1) is 10.2 Å². The number of aromatic nitrogens is 3. The van der Waals surface area contributed by atoms with Crippen LogP contribution in [0.1, 0.15) is 40.0 Å². The van der Waals surface area contributed by atoms with Gasteiger partial charge in [-0.05, 0) is 37.1 Å². The molecule has 0 atom stereocenters. The number of benzene rings is 1. The summed E-state index contributed by atoms with van der Waals surface area (Å²) < 4.78 is 10.7. The lowest BCUT2D eigenvalue weighted by Crippen LogP contribution is -2.36. The van der Waals surface area contributed by atoms with E-state index in [-0.39, 0.29) is 7.47 Å². The maximum atomic E-state index is 12.3. The normalized spacial score (nSPS) is 15.0. The molecule has 1 aliphatic rings. The Hall–Kier alpha value is -3.22. The highest BCUT2D eigenvalue weighted by Gasteiger charge is 2.16. The summed E-state index contributed by atoms with van der Waals surface area (Å²) in [6.07, 6.45) is 9.39. The summed E-state index contributed by atoms with van der Waals surface area (Å²) in [7, 11) is 0. The van der Waals surface area contributed by atoms with Gasteiger partial charge in [0.25, 0.3) is 0 Å². The Bertz CT molecular complexity index is 925. The van der Waals surface area contributed by atoms with Gasteiger partial charge in [0.15, 0.2) is 0 Å². The van der Waals surface area contributed by atoms with Crippen molar-refractivity contribution in [2.75, 3.05) is 0 Å². The minimum Gasteiger partial charge on any atom is -0.423 e. The van der Waals surface area contributed by atoms with Crippen molar-refractivity contribution in [1.82, 2.24) is 20.5 Å². The van der Waals surface area contributed by atoms with Crippen LogP contribution in [0.25, 0.3) is 22.7 Å². The van der Waals surface area contributed by atoms with Crippen molar-refractivity contribution in [3.8, 4) is 28.5 Å². The lowest BCUT2D eigenvalue weighted by Gasteiger charge is -2.16. The highest BCUT2D eigenvalue weighted by Crippen LogP contribution is 2.26. The van der Waals surface area contributed by atoms with Crippen molar-refractivity contribution < 1.29 is 15.4 Å². The van der Waals surface area contributed by atoms with Crippen LogP contribution in [0.15, 0.2) is 53.4 Å². The van der Waals surface area contributed by atoms with E-state index in [1.165, 1.54) is 19.2 Å². The van der Waals surface area contributed by atoms with Gasteiger partial charge >= 0.3 is 6.09 Å². The van der Waals surface area contributed by atoms with Crippen molar-refractivity contribution in [1.29, 1.82) is 0 Å². The van der Waals surface area contributed by atoms with Crippen LogP contribution in [0.3, 0.4) is 0 Å². The molecule has 1 saturated carbocycles. The molecule has 0 bridgehead atoms. The number of nitrogens with zero attached hydrogens (tertiary/aromatic N) is 3. The molecule has 3 aromatic rings. The zero-order chi connectivity index (χ0) is 19.2. The third-order valence-corrected chi connectivity index (χ3v) is 4.88. The fourth-order valence-corrected chi connectivity index (χ4v) is 3.47. The van der Waals surface area contributed by atoms with Crippen LogP contribution in [0.2, 0.25) is 0 Å².